The summed E-state index contributed by atoms with van der Waals surface area (Å²) in [6.45, 7) is 2.41. The molecule has 1 saturated heterocycles. The number of carbonyl (C=O) groups excluding carboxylic acids is 2. The van der Waals surface area contributed by atoms with Crippen LogP contribution in [-0.2, 0) is 9.53 Å². The molecule has 2 amide bonds. The first kappa shape index (κ1) is 18.7. The first-order chi connectivity index (χ1) is 13.0. The standard InChI is InChI=1S/C20H22FN3O3/c21-16-6-8-17(9-7-16)23-10-12-24(13-11-23)19(25)14-18(27-20(22)26)15-4-2-1-3-5-15/h1-9,18H,10-14H2,(H2,22,26)/t18-/m0/s1. The molecule has 2 aromatic rings. The summed E-state index contributed by atoms with van der Waals surface area (Å²) in [7, 11) is 0. The maximum absolute atomic E-state index is 13.1. The zero-order chi connectivity index (χ0) is 19.2. The van der Waals surface area contributed by atoms with Gasteiger partial charge in [0.1, 0.15) is 11.9 Å². The summed E-state index contributed by atoms with van der Waals surface area (Å²) >= 11 is 0. The summed E-state index contributed by atoms with van der Waals surface area (Å²) < 4.78 is 18.2. The van der Waals surface area contributed by atoms with Crippen LogP contribution in [0.1, 0.15) is 18.1 Å². The van der Waals surface area contributed by atoms with E-state index in [9.17, 15) is 14.0 Å². The number of rotatable bonds is 5. The Morgan fingerprint density at radius 1 is 1.00 bits per heavy atom. The molecule has 0 aliphatic carbocycles. The largest absolute Gasteiger partial charge is 0.441 e. The maximum atomic E-state index is 13.1. The predicted molar refractivity (Wildman–Crippen MR) is 99.7 cm³/mol. The molecule has 142 valence electrons. The monoisotopic (exact) mass is 371 g/mol. The van der Waals surface area contributed by atoms with Crippen LogP contribution in [0, 0.1) is 5.82 Å². The van der Waals surface area contributed by atoms with E-state index in [2.05, 4.69) is 4.90 Å². The summed E-state index contributed by atoms with van der Waals surface area (Å²) in [5.74, 6) is -0.363. The number of anilines is 1. The Labute approximate surface area is 157 Å². The highest BCUT2D eigenvalue weighted by molar-refractivity contribution is 5.78. The molecule has 6 nitrogen and oxygen atoms in total. The fourth-order valence-electron chi connectivity index (χ4n) is 3.19. The van der Waals surface area contributed by atoms with Gasteiger partial charge in [-0.3, -0.25) is 4.79 Å². The van der Waals surface area contributed by atoms with Gasteiger partial charge in [0, 0.05) is 31.9 Å². The number of nitrogens with zero attached hydrogens (tertiary/aromatic N) is 2. The summed E-state index contributed by atoms with van der Waals surface area (Å²) in [6, 6.07) is 15.4. The van der Waals surface area contributed by atoms with Crippen LogP contribution in [0.5, 0.6) is 0 Å². The molecule has 0 bridgehead atoms. The molecule has 1 aliphatic heterocycles. The summed E-state index contributed by atoms with van der Waals surface area (Å²) in [5.41, 5.74) is 6.82. The molecule has 7 heteroatoms. The molecule has 27 heavy (non-hydrogen) atoms. The maximum Gasteiger partial charge on any atom is 0.405 e. The van der Waals surface area contributed by atoms with E-state index < -0.39 is 12.2 Å². The minimum absolute atomic E-state index is 0.0451. The van der Waals surface area contributed by atoms with Crippen LogP contribution in [0.15, 0.2) is 54.6 Å². The highest BCUT2D eigenvalue weighted by Crippen LogP contribution is 2.23. The van der Waals surface area contributed by atoms with Crippen LogP contribution in [0.2, 0.25) is 0 Å². The molecule has 1 heterocycles. The highest BCUT2D eigenvalue weighted by atomic mass is 19.1. The molecule has 0 aromatic heterocycles. The molecule has 0 radical (unpaired) electrons. The first-order valence-electron chi connectivity index (χ1n) is 8.82. The van der Waals surface area contributed by atoms with Gasteiger partial charge in [-0.05, 0) is 29.8 Å². The van der Waals surface area contributed by atoms with Crippen molar-refractivity contribution in [1.29, 1.82) is 0 Å². The third-order valence-corrected chi connectivity index (χ3v) is 4.61. The molecule has 3 rings (SSSR count). The van der Waals surface area contributed by atoms with Gasteiger partial charge in [0.25, 0.3) is 0 Å². The Bertz CT molecular complexity index is 775. The van der Waals surface area contributed by atoms with E-state index in [0.29, 0.717) is 26.2 Å². The average molecular weight is 371 g/mol. The number of carbonyl (C=O) groups is 2. The van der Waals surface area contributed by atoms with Crippen molar-refractivity contribution in [2.75, 3.05) is 31.1 Å². The summed E-state index contributed by atoms with van der Waals surface area (Å²) in [5, 5.41) is 0. The first-order valence-corrected chi connectivity index (χ1v) is 8.82. The molecule has 2 aromatic carbocycles. The SMILES string of the molecule is NC(=O)O[C@@H](CC(=O)N1CCN(c2ccc(F)cc2)CC1)c1ccccc1. The molecule has 0 unspecified atom stereocenters. The van der Waals surface area contributed by atoms with E-state index in [1.807, 2.05) is 18.2 Å². The van der Waals surface area contributed by atoms with Crippen LogP contribution in [0.25, 0.3) is 0 Å². The van der Waals surface area contributed by atoms with Gasteiger partial charge in [0.05, 0.1) is 6.42 Å². The van der Waals surface area contributed by atoms with Crippen molar-refractivity contribution >= 4 is 17.7 Å². The molecule has 1 atom stereocenters. The second-order valence-electron chi connectivity index (χ2n) is 6.38. The second-order valence-corrected chi connectivity index (χ2v) is 6.38. The Morgan fingerprint density at radius 3 is 2.22 bits per heavy atom. The summed E-state index contributed by atoms with van der Waals surface area (Å²) in [4.78, 5) is 27.7. The van der Waals surface area contributed by atoms with Crippen LogP contribution in [0.3, 0.4) is 0 Å². The minimum atomic E-state index is -0.905. The van der Waals surface area contributed by atoms with Crippen molar-refractivity contribution in [3.63, 3.8) is 0 Å². The normalized spacial score (nSPS) is 15.3. The lowest BCUT2D eigenvalue weighted by Crippen LogP contribution is -2.49. The average Bonchev–Trinajstić information content (AvgIpc) is 2.68. The predicted octanol–water partition coefficient (Wildman–Crippen LogP) is 2.70. The lowest BCUT2D eigenvalue weighted by atomic mass is 10.1. The Kier molecular flexibility index (Phi) is 5.90. The van der Waals surface area contributed by atoms with Gasteiger partial charge in [0.2, 0.25) is 5.91 Å². The topological polar surface area (TPSA) is 75.9 Å². The number of halogens is 1. The van der Waals surface area contributed by atoms with E-state index in [1.54, 1.807) is 29.2 Å². The van der Waals surface area contributed by atoms with Crippen LogP contribution in [0.4, 0.5) is 14.9 Å². The van der Waals surface area contributed by atoms with Crippen molar-refractivity contribution in [2.24, 2.45) is 5.73 Å². The highest BCUT2D eigenvalue weighted by Gasteiger charge is 2.26. The number of amides is 2. The van der Waals surface area contributed by atoms with Gasteiger partial charge in [-0.25, -0.2) is 9.18 Å². The van der Waals surface area contributed by atoms with Crippen LogP contribution >= 0.6 is 0 Å². The van der Waals surface area contributed by atoms with Gasteiger partial charge < -0.3 is 20.3 Å². The van der Waals surface area contributed by atoms with Crippen molar-refractivity contribution in [3.05, 3.63) is 66.0 Å². The Balaban J connectivity index is 1.59. The van der Waals surface area contributed by atoms with Crippen molar-refractivity contribution in [1.82, 2.24) is 4.90 Å². The molecule has 2 N–H and O–H groups in total. The van der Waals surface area contributed by atoms with E-state index in [1.165, 1.54) is 12.1 Å². The van der Waals surface area contributed by atoms with Gasteiger partial charge in [-0.2, -0.15) is 0 Å². The Morgan fingerprint density at radius 2 is 1.63 bits per heavy atom. The number of hydrogen-bond donors (Lipinski definition) is 1. The van der Waals surface area contributed by atoms with Crippen molar-refractivity contribution < 1.29 is 18.7 Å². The number of piperazine rings is 1. The minimum Gasteiger partial charge on any atom is -0.441 e. The molecule has 1 fully saturated rings. The van der Waals surface area contributed by atoms with E-state index in [4.69, 9.17) is 10.5 Å². The quantitative estimate of drug-likeness (QED) is 0.877. The lowest BCUT2D eigenvalue weighted by molar-refractivity contribution is -0.133. The molecular weight excluding hydrogens is 349 g/mol. The van der Waals surface area contributed by atoms with Gasteiger partial charge in [-0.1, -0.05) is 30.3 Å². The molecular formula is C20H22FN3O3. The number of benzene rings is 2. The number of hydrogen-bond acceptors (Lipinski definition) is 4. The molecule has 1 aliphatic rings. The third-order valence-electron chi connectivity index (χ3n) is 4.61. The summed E-state index contributed by atoms with van der Waals surface area (Å²) in [6.07, 6.45) is -1.56. The van der Waals surface area contributed by atoms with Crippen LogP contribution < -0.4 is 10.6 Å². The molecule has 0 spiro atoms. The van der Waals surface area contributed by atoms with E-state index >= 15 is 0 Å². The second kappa shape index (κ2) is 8.53. The smallest absolute Gasteiger partial charge is 0.405 e. The van der Waals surface area contributed by atoms with Gasteiger partial charge >= 0.3 is 6.09 Å². The lowest BCUT2D eigenvalue weighted by Gasteiger charge is -2.36. The van der Waals surface area contributed by atoms with Gasteiger partial charge in [0.15, 0.2) is 0 Å². The fourth-order valence-corrected chi connectivity index (χ4v) is 3.19. The zero-order valence-corrected chi connectivity index (χ0v) is 14.9. The van der Waals surface area contributed by atoms with E-state index in [-0.39, 0.29) is 18.1 Å². The van der Waals surface area contributed by atoms with Crippen molar-refractivity contribution in [2.45, 2.75) is 12.5 Å². The van der Waals surface area contributed by atoms with Crippen molar-refractivity contribution in [3.8, 4) is 0 Å². The number of primary amides is 1. The van der Waals surface area contributed by atoms with Crippen LogP contribution in [-0.4, -0.2) is 43.1 Å². The Hall–Kier alpha value is -3.09. The zero-order valence-electron chi connectivity index (χ0n) is 14.9. The molecule has 0 saturated carbocycles. The van der Waals surface area contributed by atoms with Gasteiger partial charge in [-0.15, -0.1) is 0 Å². The number of nitrogens with two attached hydrogens (primary N) is 1. The third kappa shape index (κ3) is 4.97. The number of ether oxygens (including phenoxy) is 1. The fraction of sp³-hybridized carbons (Fsp3) is 0.300. The van der Waals surface area contributed by atoms with E-state index in [0.717, 1.165) is 11.3 Å².